The van der Waals surface area contributed by atoms with E-state index in [2.05, 4.69) is 15.0 Å². The van der Waals surface area contributed by atoms with E-state index in [1.807, 2.05) is 25.1 Å². The molecule has 0 bridgehead atoms. The first kappa shape index (κ1) is 15.3. The van der Waals surface area contributed by atoms with Gasteiger partial charge in [0.2, 0.25) is 10.0 Å². The number of hydrogen-bond acceptors (Lipinski definition) is 5. The molecule has 1 aromatic carbocycles. The van der Waals surface area contributed by atoms with E-state index in [1.165, 1.54) is 19.2 Å². The van der Waals surface area contributed by atoms with Crippen LogP contribution in [0, 0.1) is 6.92 Å². The molecule has 0 saturated carbocycles. The van der Waals surface area contributed by atoms with Gasteiger partial charge in [0.15, 0.2) is 0 Å². The predicted molar refractivity (Wildman–Crippen MR) is 83.4 cm³/mol. The van der Waals surface area contributed by atoms with E-state index in [0.29, 0.717) is 17.9 Å². The molecule has 1 aromatic heterocycles. The van der Waals surface area contributed by atoms with Crippen LogP contribution >= 0.6 is 0 Å². The van der Waals surface area contributed by atoms with Gasteiger partial charge in [-0.1, -0.05) is 6.07 Å². The second kappa shape index (κ2) is 6.11. The van der Waals surface area contributed by atoms with Crippen LogP contribution in [0.25, 0.3) is 0 Å². The average molecular weight is 306 g/mol. The monoisotopic (exact) mass is 306 g/mol. The standard InChI is InChI=1S/C14H18N4O2S/c1-10-4-3-5-11(18-10)9-17-14-8-12(6-7-13(14)15)21(19,20)16-2/h3-8,16-17H,9,15H2,1-2H3. The molecule has 112 valence electrons. The number of sulfonamides is 1. The Labute approximate surface area is 124 Å². The van der Waals surface area contributed by atoms with Gasteiger partial charge < -0.3 is 11.1 Å². The summed E-state index contributed by atoms with van der Waals surface area (Å²) in [6.45, 7) is 2.38. The molecule has 0 radical (unpaired) electrons. The molecule has 4 N–H and O–H groups in total. The normalized spacial score (nSPS) is 11.3. The minimum Gasteiger partial charge on any atom is -0.397 e. The van der Waals surface area contributed by atoms with Gasteiger partial charge in [0.1, 0.15) is 0 Å². The zero-order valence-electron chi connectivity index (χ0n) is 11.9. The van der Waals surface area contributed by atoms with Gasteiger partial charge in [0.05, 0.1) is 28.5 Å². The lowest BCUT2D eigenvalue weighted by Crippen LogP contribution is -2.19. The number of hydrogen-bond donors (Lipinski definition) is 3. The van der Waals surface area contributed by atoms with Gasteiger partial charge >= 0.3 is 0 Å². The minimum absolute atomic E-state index is 0.166. The Morgan fingerprint density at radius 1 is 1.24 bits per heavy atom. The van der Waals surface area contributed by atoms with Crippen molar-refractivity contribution >= 4 is 21.4 Å². The van der Waals surface area contributed by atoms with Crippen LogP contribution < -0.4 is 15.8 Å². The third-order valence-electron chi connectivity index (χ3n) is 3.01. The number of aromatic nitrogens is 1. The highest BCUT2D eigenvalue weighted by molar-refractivity contribution is 7.89. The summed E-state index contributed by atoms with van der Waals surface area (Å²) in [4.78, 5) is 4.54. The second-order valence-electron chi connectivity index (χ2n) is 4.58. The molecular weight excluding hydrogens is 288 g/mol. The van der Waals surface area contributed by atoms with E-state index >= 15 is 0 Å². The van der Waals surface area contributed by atoms with Crippen LogP contribution in [-0.4, -0.2) is 20.4 Å². The molecule has 0 saturated heterocycles. The third kappa shape index (κ3) is 3.71. The Morgan fingerprint density at radius 3 is 2.67 bits per heavy atom. The van der Waals surface area contributed by atoms with Crippen LogP contribution in [0.15, 0.2) is 41.3 Å². The average Bonchev–Trinajstić information content (AvgIpc) is 2.46. The molecule has 0 amide bonds. The molecule has 1 heterocycles. The van der Waals surface area contributed by atoms with Crippen molar-refractivity contribution in [2.24, 2.45) is 0 Å². The number of benzene rings is 1. The Kier molecular flexibility index (Phi) is 4.44. The Balaban J connectivity index is 2.22. The van der Waals surface area contributed by atoms with Gasteiger partial charge in [-0.2, -0.15) is 0 Å². The topological polar surface area (TPSA) is 97.1 Å². The molecule has 0 aliphatic rings. The third-order valence-corrected chi connectivity index (χ3v) is 4.42. The zero-order valence-corrected chi connectivity index (χ0v) is 12.7. The Morgan fingerprint density at radius 2 is 2.00 bits per heavy atom. The highest BCUT2D eigenvalue weighted by Crippen LogP contribution is 2.23. The summed E-state index contributed by atoms with van der Waals surface area (Å²) in [7, 11) is -2.12. The number of anilines is 2. The molecule has 21 heavy (non-hydrogen) atoms. The summed E-state index contributed by atoms with van der Waals surface area (Å²) in [6.07, 6.45) is 0. The molecule has 6 nitrogen and oxygen atoms in total. The smallest absolute Gasteiger partial charge is 0.240 e. The number of aryl methyl sites for hydroxylation is 1. The van der Waals surface area contributed by atoms with E-state index < -0.39 is 10.0 Å². The maximum Gasteiger partial charge on any atom is 0.240 e. The van der Waals surface area contributed by atoms with Gasteiger partial charge in [-0.15, -0.1) is 0 Å². The highest BCUT2D eigenvalue weighted by atomic mass is 32.2. The predicted octanol–water partition coefficient (Wildman–Crippen LogP) is 1.49. The largest absolute Gasteiger partial charge is 0.397 e. The van der Waals surface area contributed by atoms with Gasteiger partial charge in [-0.05, 0) is 44.3 Å². The maximum atomic E-state index is 11.8. The molecule has 7 heteroatoms. The van der Waals surface area contributed by atoms with Crippen LogP contribution in [0.5, 0.6) is 0 Å². The van der Waals surface area contributed by atoms with Crippen molar-refractivity contribution in [3.63, 3.8) is 0 Å². The van der Waals surface area contributed by atoms with Crippen molar-refractivity contribution < 1.29 is 8.42 Å². The number of nitrogens with two attached hydrogens (primary N) is 1. The first-order chi connectivity index (χ1) is 9.92. The Bertz CT molecular complexity index is 744. The van der Waals surface area contributed by atoms with Crippen LogP contribution in [0.2, 0.25) is 0 Å². The Hall–Kier alpha value is -2.12. The van der Waals surface area contributed by atoms with Crippen molar-refractivity contribution in [3.8, 4) is 0 Å². The van der Waals surface area contributed by atoms with Crippen molar-refractivity contribution in [3.05, 3.63) is 47.8 Å². The number of nitrogens with zero attached hydrogens (tertiary/aromatic N) is 1. The fourth-order valence-electron chi connectivity index (χ4n) is 1.86. The van der Waals surface area contributed by atoms with E-state index in [9.17, 15) is 8.42 Å². The van der Waals surface area contributed by atoms with E-state index in [1.54, 1.807) is 6.07 Å². The molecule has 0 atom stereocenters. The number of rotatable bonds is 5. The molecule has 2 aromatic rings. The quantitative estimate of drug-likeness (QED) is 0.727. The lowest BCUT2D eigenvalue weighted by atomic mass is 10.2. The minimum atomic E-state index is -3.49. The maximum absolute atomic E-state index is 11.8. The number of pyridine rings is 1. The summed E-state index contributed by atoms with van der Waals surface area (Å²) in [6, 6.07) is 10.3. The first-order valence-electron chi connectivity index (χ1n) is 6.42. The molecule has 2 rings (SSSR count). The number of nitrogen functional groups attached to an aromatic ring is 1. The van der Waals surface area contributed by atoms with E-state index in [-0.39, 0.29) is 4.90 Å². The molecule has 0 spiro atoms. The lowest BCUT2D eigenvalue weighted by molar-refractivity contribution is 0.588. The zero-order chi connectivity index (χ0) is 15.5. The van der Waals surface area contributed by atoms with Gasteiger partial charge in [0.25, 0.3) is 0 Å². The van der Waals surface area contributed by atoms with E-state index in [4.69, 9.17) is 5.73 Å². The first-order valence-corrected chi connectivity index (χ1v) is 7.90. The summed E-state index contributed by atoms with van der Waals surface area (Å²) in [5.41, 5.74) is 8.70. The van der Waals surface area contributed by atoms with Crippen molar-refractivity contribution in [1.29, 1.82) is 0 Å². The van der Waals surface area contributed by atoms with Crippen molar-refractivity contribution in [2.45, 2.75) is 18.4 Å². The molecular formula is C14H18N4O2S. The van der Waals surface area contributed by atoms with Crippen molar-refractivity contribution in [2.75, 3.05) is 18.1 Å². The summed E-state index contributed by atoms with van der Waals surface area (Å²) >= 11 is 0. The number of nitrogens with one attached hydrogen (secondary N) is 2. The molecule has 0 aliphatic heterocycles. The molecule has 0 aliphatic carbocycles. The fourth-order valence-corrected chi connectivity index (χ4v) is 2.61. The van der Waals surface area contributed by atoms with Crippen LogP contribution in [0.4, 0.5) is 11.4 Å². The summed E-state index contributed by atoms with van der Waals surface area (Å²) < 4.78 is 25.9. The van der Waals surface area contributed by atoms with Gasteiger partial charge in [-0.3, -0.25) is 4.98 Å². The van der Waals surface area contributed by atoms with Crippen LogP contribution in [-0.2, 0) is 16.6 Å². The van der Waals surface area contributed by atoms with Gasteiger partial charge in [0, 0.05) is 5.69 Å². The molecule has 0 fully saturated rings. The SMILES string of the molecule is CNS(=O)(=O)c1ccc(N)c(NCc2cccc(C)n2)c1. The summed E-state index contributed by atoms with van der Waals surface area (Å²) in [5.74, 6) is 0. The molecule has 0 unspecified atom stereocenters. The van der Waals surface area contributed by atoms with E-state index in [0.717, 1.165) is 11.4 Å². The highest BCUT2D eigenvalue weighted by Gasteiger charge is 2.13. The summed E-state index contributed by atoms with van der Waals surface area (Å²) in [5, 5.41) is 3.11. The van der Waals surface area contributed by atoms with Gasteiger partial charge in [-0.25, -0.2) is 13.1 Å². The fraction of sp³-hybridized carbons (Fsp3) is 0.214. The van der Waals surface area contributed by atoms with Crippen molar-refractivity contribution in [1.82, 2.24) is 9.71 Å². The second-order valence-corrected chi connectivity index (χ2v) is 6.47. The van der Waals surface area contributed by atoms with Crippen LogP contribution in [0.1, 0.15) is 11.4 Å². The van der Waals surface area contributed by atoms with Crippen LogP contribution in [0.3, 0.4) is 0 Å². The lowest BCUT2D eigenvalue weighted by Gasteiger charge is -2.11.